The SMILES string of the molecule is CO[C@H]1CC[C@@H](n2c(=O)n(C)c3cnc(Nc4cc5c(cc4C)OCC5)nc32)CC1. The van der Waals surface area contributed by atoms with Crippen molar-refractivity contribution in [1.29, 1.82) is 0 Å². The molecule has 1 saturated carbocycles. The Kier molecular flexibility index (Phi) is 4.73. The average Bonchev–Trinajstić information content (AvgIpc) is 3.30. The van der Waals surface area contributed by atoms with Gasteiger partial charge in [-0.3, -0.25) is 9.13 Å². The topological polar surface area (TPSA) is 83.2 Å². The van der Waals surface area contributed by atoms with Crippen LogP contribution in [-0.2, 0) is 18.2 Å². The highest BCUT2D eigenvalue weighted by Gasteiger charge is 2.26. The molecule has 0 spiro atoms. The van der Waals surface area contributed by atoms with Crippen molar-refractivity contribution < 1.29 is 9.47 Å². The van der Waals surface area contributed by atoms with Crippen LogP contribution in [0.2, 0.25) is 0 Å². The minimum Gasteiger partial charge on any atom is -0.493 e. The normalized spacial score (nSPS) is 20.9. The summed E-state index contributed by atoms with van der Waals surface area (Å²) in [7, 11) is 3.54. The molecule has 2 aliphatic rings. The fourth-order valence-electron chi connectivity index (χ4n) is 4.65. The van der Waals surface area contributed by atoms with Gasteiger partial charge >= 0.3 is 5.69 Å². The van der Waals surface area contributed by atoms with Gasteiger partial charge in [-0.15, -0.1) is 0 Å². The summed E-state index contributed by atoms with van der Waals surface area (Å²) in [5.41, 5.74) is 4.62. The van der Waals surface area contributed by atoms with Crippen LogP contribution in [0.15, 0.2) is 23.1 Å². The number of nitrogens with one attached hydrogen (secondary N) is 1. The quantitative estimate of drug-likeness (QED) is 0.712. The van der Waals surface area contributed by atoms with E-state index in [0.717, 1.165) is 61.2 Å². The lowest BCUT2D eigenvalue weighted by atomic mass is 9.93. The highest BCUT2D eigenvalue weighted by Crippen LogP contribution is 2.33. The number of ether oxygens (including phenoxy) is 2. The van der Waals surface area contributed by atoms with Crippen molar-refractivity contribution >= 4 is 22.8 Å². The molecule has 8 heteroatoms. The van der Waals surface area contributed by atoms with E-state index in [2.05, 4.69) is 22.4 Å². The highest BCUT2D eigenvalue weighted by atomic mass is 16.5. The van der Waals surface area contributed by atoms with Crippen molar-refractivity contribution in [2.45, 2.75) is 51.2 Å². The van der Waals surface area contributed by atoms with Crippen molar-refractivity contribution in [2.75, 3.05) is 19.0 Å². The number of benzene rings is 1. The summed E-state index contributed by atoms with van der Waals surface area (Å²) in [6, 6.07) is 4.29. The number of aryl methyl sites for hydroxylation is 2. The maximum Gasteiger partial charge on any atom is 0.330 e. The summed E-state index contributed by atoms with van der Waals surface area (Å²) in [6.45, 7) is 2.76. The second kappa shape index (κ2) is 7.43. The Morgan fingerprint density at radius 3 is 2.80 bits per heavy atom. The standard InChI is InChI=1S/C22H27N5O3/c1-13-10-19-14(8-9-30-19)11-17(13)24-21-23-12-18-20(25-21)27(22(28)26(18)2)15-4-6-16(29-3)7-5-15/h10-12,15-16H,4-9H2,1-3H3,(H,23,24,25)/t15-,16+. The van der Waals surface area contributed by atoms with Gasteiger partial charge in [0.15, 0.2) is 5.65 Å². The molecule has 1 aliphatic heterocycles. The Hall–Kier alpha value is -2.87. The summed E-state index contributed by atoms with van der Waals surface area (Å²) < 4.78 is 14.6. The molecule has 0 amide bonds. The summed E-state index contributed by atoms with van der Waals surface area (Å²) in [4.78, 5) is 22.2. The van der Waals surface area contributed by atoms with E-state index in [-0.39, 0.29) is 17.8 Å². The molecule has 1 fully saturated rings. The molecule has 30 heavy (non-hydrogen) atoms. The van der Waals surface area contributed by atoms with E-state index < -0.39 is 0 Å². The van der Waals surface area contributed by atoms with Gasteiger partial charge in [-0.2, -0.15) is 4.98 Å². The molecular formula is C22H27N5O3. The Labute approximate surface area is 174 Å². The monoisotopic (exact) mass is 409 g/mol. The van der Waals surface area contributed by atoms with E-state index in [0.29, 0.717) is 11.6 Å². The largest absolute Gasteiger partial charge is 0.493 e. The first-order chi connectivity index (χ1) is 14.5. The summed E-state index contributed by atoms with van der Waals surface area (Å²) in [5, 5.41) is 3.35. The van der Waals surface area contributed by atoms with Gasteiger partial charge < -0.3 is 14.8 Å². The van der Waals surface area contributed by atoms with Crippen LogP contribution in [0.5, 0.6) is 5.75 Å². The predicted molar refractivity (Wildman–Crippen MR) is 115 cm³/mol. The first-order valence-corrected chi connectivity index (χ1v) is 10.5. The molecule has 1 aromatic carbocycles. The van der Waals surface area contributed by atoms with Crippen LogP contribution in [0.1, 0.15) is 42.9 Å². The van der Waals surface area contributed by atoms with Gasteiger partial charge in [0.2, 0.25) is 5.95 Å². The molecule has 0 atom stereocenters. The third-order valence-electron chi connectivity index (χ3n) is 6.46. The molecule has 3 heterocycles. The molecule has 5 rings (SSSR count). The third kappa shape index (κ3) is 3.15. The zero-order chi connectivity index (χ0) is 20.8. The van der Waals surface area contributed by atoms with Crippen molar-refractivity contribution in [3.05, 3.63) is 39.9 Å². The molecule has 0 radical (unpaired) electrons. The van der Waals surface area contributed by atoms with Gasteiger partial charge in [0.05, 0.1) is 18.9 Å². The molecular weight excluding hydrogens is 382 g/mol. The van der Waals surface area contributed by atoms with Crippen LogP contribution in [0, 0.1) is 6.92 Å². The first-order valence-electron chi connectivity index (χ1n) is 10.5. The van der Waals surface area contributed by atoms with Crippen LogP contribution < -0.4 is 15.7 Å². The zero-order valence-corrected chi connectivity index (χ0v) is 17.6. The van der Waals surface area contributed by atoms with Crippen molar-refractivity contribution in [1.82, 2.24) is 19.1 Å². The fraction of sp³-hybridized carbons (Fsp3) is 0.500. The Bertz CT molecular complexity index is 1160. The summed E-state index contributed by atoms with van der Waals surface area (Å²) >= 11 is 0. The van der Waals surface area contributed by atoms with Gasteiger partial charge in [0.1, 0.15) is 11.3 Å². The van der Waals surface area contributed by atoms with E-state index >= 15 is 0 Å². The number of aromatic nitrogens is 4. The molecule has 0 bridgehead atoms. The van der Waals surface area contributed by atoms with E-state index in [1.807, 2.05) is 11.5 Å². The highest BCUT2D eigenvalue weighted by molar-refractivity contribution is 5.73. The van der Waals surface area contributed by atoms with E-state index in [1.54, 1.807) is 24.9 Å². The number of methoxy groups -OCH3 is 1. The zero-order valence-electron chi connectivity index (χ0n) is 17.6. The summed E-state index contributed by atoms with van der Waals surface area (Å²) in [6.07, 6.45) is 6.66. The maximum absolute atomic E-state index is 13.0. The molecule has 1 N–H and O–H groups in total. The number of fused-ring (bicyclic) bond motifs is 2. The first kappa shape index (κ1) is 19.1. The van der Waals surface area contributed by atoms with E-state index in [1.165, 1.54) is 5.56 Å². The predicted octanol–water partition coefficient (Wildman–Crippen LogP) is 3.25. The molecule has 8 nitrogen and oxygen atoms in total. The third-order valence-corrected chi connectivity index (χ3v) is 6.46. The molecule has 3 aromatic rings. The Morgan fingerprint density at radius 2 is 2.03 bits per heavy atom. The van der Waals surface area contributed by atoms with Gasteiger partial charge in [-0.25, -0.2) is 9.78 Å². The molecule has 0 unspecified atom stereocenters. The number of anilines is 2. The lowest BCUT2D eigenvalue weighted by molar-refractivity contribution is 0.0584. The molecule has 158 valence electrons. The number of hydrogen-bond acceptors (Lipinski definition) is 6. The van der Waals surface area contributed by atoms with Crippen molar-refractivity contribution in [3.8, 4) is 5.75 Å². The van der Waals surface area contributed by atoms with Gasteiger partial charge in [0.25, 0.3) is 0 Å². The smallest absolute Gasteiger partial charge is 0.330 e. The number of hydrogen-bond donors (Lipinski definition) is 1. The molecule has 2 aromatic heterocycles. The Morgan fingerprint density at radius 1 is 1.23 bits per heavy atom. The van der Waals surface area contributed by atoms with Crippen LogP contribution in [0.3, 0.4) is 0 Å². The Balaban J connectivity index is 1.51. The molecule has 0 saturated heterocycles. The van der Waals surface area contributed by atoms with Crippen molar-refractivity contribution in [3.63, 3.8) is 0 Å². The van der Waals surface area contributed by atoms with Gasteiger partial charge in [0, 0.05) is 32.3 Å². The second-order valence-corrected chi connectivity index (χ2v) is 8.28. The maximum atomic E-state index is 13.0. The fourth-order valence-corrected chi connectivity index (χ4v) is 4.65. The van der Waals surface area contributed by atoms with Gasteiger partial charge in [-0.1, -0.05) is 0 Å². The lowest BCUT2D eigenvalue weighted by Gasteiger charge is -2.28. The van der Waals surface area contributed by atoms with Crippen LogP contribution in [0.25, 0.3) is 11.2 Å². The van der Waals surface area contributed by atoms with Crippen LogP contribution >= 0.6 is 0 Å². The van der Waals surface area contributed by atoms with Crippen molar-refractivity contribution in [2.24, 2.45) is 7.05 Å². The minimum absolute atomic E-state index is 0.0387. The number of imidazole rings is 1. The minimum atomic E-state index is -0.0387. The lowest BCUT2D eigenvalue weighted by Crippen LogP contribution is -2.30. The van der Waals surface area contributed by atoms with E-state index in [4.69, 9.17) is 14.5 Å². The van der Waals surface area contributed by atoms with Gasteiger partial charge in [-0.05, 0) is 55.9 Å². The average molecular weight is 409 g/mol. The van der Waals surface area contributed by atoms with E-state index in [9.17, 15) is 4.79 Å². The second-order valence-electron chi connectivity index (χ2n) is 8.28. The molecule has 1 aliphatic carbocycles. The van der Waals surface area contributed by atoms with Crippen LogP contribution in [0.4, 0.5) is 11.6 Å². The number of nitrogens with zero attached hydrogens (tertiary/aromatic N) is 4. The van der Waals surface area contributed by atoms with Crippen LogP contribution in [-0.4, -0.2) is 38.9 Å². The number of rotatable bonds is 4. The summed E-state index contributed by atoms with van der Waals surface area (Å²) in [5.74, 6) is 1.45.